The van der Waals surface area contributed by atoms with E-state index in [-0.39, 0.29) is 23.5 Å². The molecule has 0 bridgehead atoms. The second-order valence-electron chi connectivity index (χ2n) is 6.95. The van der Waals surface area contributed by atoms with Crippen LogP contribution in [0.4, 0.5) is 4.39 Å². The van der Waals surface area contributed by atoms with Gasteiger partial charge in [0.1, 0.15) is 11.6 Å². The Kier molecular flexibility index (Phi) is 8.16. The van der Waals surface area contributed by atoms with Gasteiger partial charge in [-0.25, -0.2) is 12.8 Å². The molecule has 0 fully saturated rings. The number of benzene rings is 2. The Bertz CT molecular complexity index is 1250. The summed E-state index contributed by atoms with van der Waals surface area (Å²) in [5, 5.41) is 0. The molecule has 0 aliphatic rings. The van der Waals surface area contributed by atoms with E-state index in [0.29, 0.717) is 30.3 Å². The molecule has 32 heavy (non-hydrogen) atoms. The summed E-state index contributed by atoms with van der Waals surface area (Å²) in [7, 11) is -2.00. The molecule has 0 saturated heterocycles. The molecule has 0 aliphatic carbocycles. The number of hydrogen-bond acceptors (Lipinski definition) is 6. The van der Waals surface area contributed by atoms with Crippen LogP contribution >= 0.6 is 11.3 Å². The van der Waals surface area contributed by atoms with E-state index in [9.17, 15) is 17.6 Å². The van der Waals surface area contributed by atoms with Gasteiger partial charge in [0.05, 0.1) is 34.6 Å². The predicted octanol–water partition coefficient (Wildman–Crippen LogP) is 3.57. The van der Waals surface area contributed by atoms with Crippen molar-refractivity contribution in [1.82, 2.24) is 4.57 Å². The average molecular weight is 481 g/mol. The van der Waals surface area contributed by atoms with Gasteiger partial charge in [-0.15, -0.1) is 0 Å². The fourth-order valence-electron chi connectivity index (χ4n) is 3.12. The van der Waals surface area contributed by atoms with Crippen LogP contribution in [0.1, 0.15) is 19.8 Å². The maximum atomic E-state index is 13.0. The zero-order valence-electron chi connectivity index (χ0n) is 17.9. The molecule has 0 spiro atoms. The second kappa shape index (κ2) is 10.8. The normalized spacial score (nSPS) is 12.4. The molecule has 1 amide bonds. The molecule has 0 atom stereocenters. The van der Waals surface area contributed by atoms with E-state index < -0.39 is 21.6 Å². The van der Waals surface area contributed by atoms with Crippen molar-refractivity contribution in [2.24, 2.45) is 4.99 Å². The summed E-state index contributed by atoms with van der Waals surface area (Å²) in [5.41, 5.74) is 0.918. The number of methoxy groups -OCH3 is 1. The smallest absolute Gasteiger partial charge is 0.248 e. The van der Waals surface area contributed by atoms with Gasteiger partial charge in [-0.1, -0.05) is 11.3 Å². The third-order valence-electron chi connectivity index (χ3n) is 4.75. The monoisotopic (exact) mass is 480 g/mol. The van der Waals surface area contributed by atoms with Gasteiger partial charge in [-0.2, -0.15) is 4.99 Å². The van der Waals surface area contributed by atoms with Crippen molar-refractivity contribution in [3.63, 3.8) is 0 Å². The first-order valence-corrected chi connectivity index (χ1v) is 12.6. The largest absolute Gasteiger partial charge is 0.497 e. The maximum absolute atomic E-state index is 13.0. The summed E-state index contributed by atoms with van der Waals surface area (Å²) >= 11 is 1.36. The van der Waals surface area contributed by atoms with Gasteiger partial charge in [0.2, 0.25) is 5.91 Å². The molecule has 3 aromatic rings. The van der Waals surface area contributed by atoms with Crippen molar-refractivity contribution in [3.8, 4) is 5.75 Å². The Balaban J connectivity index is 1.75. The van der Waals surface area contributed by atoms with Gasteiger partial charge >= 0.3 is 0 Å². The fourth-order valence-corrected chi connectivity index (χ4v) is 5.53. The van der Waals surface area contributed by atoms with E-state index in [2.05, 4.69) is 4.99 Å². The van der Waals surface area contributed by atoms with Crippen molar-refractivity contribution in [2.45, 2.75) is 31.2 Å². The van der Waals surface area contributed by atoms with E-state index in [1.165, 1.54) is 23.5 Å². The number of amides is 1. The lowest BCUT2D eigenvalue weighted by molar-refractivity contribution is -0.118. The van der Waals surface area contributed by atoms with Crippen molar-refractivity contribution in [1.29, 1.82) is 0 Å². The van der Waals surface area contributed by atoms with Crippen LogP contribution in [0.15, 0.2) is 52.4 Å². The van der Waals surface area contributed by atoms with Crippen LogP contribution in [0.5, 0.6) is 5.75 Å². The van der Waals surface area contributed by atoms with Gasteiger partial charge in [0.25, 0.3) is 0 Å². The van der Waals surface area contributed by atoms with Gasteiger partial charge in [-0.05, 0) is 55.8 Å². The number of aromatic nitrogens is 1. The predicted molar refractivity (Wildman–Crippen MR) is 121 cm³/mol. The number of hydrogen-bond donors (Lipinski definition) is 0. The van der Waals surface area contributed by atoms with Crippen molar-refractivity contribution < 1.29 is 27.1 Å². The van der Waals surface area contributed by atoms with Crippen LogP contribution < -0.4 is 9.54 Å². The minimum Gasteiger partial charge on any atom is -0.497 e. The first-order chi connectivity index (χ1) is 15.3. The maximum Gasteiger partial charge on any atom is 0.248 e. The summed E-state index contributed by atoms with van der Waals surface area (Å²) in [6, 6.07) is 10.3. The standard InChI is InChI=1S/C22H25FN2O5S2/c1-3-30-13-12-25-19-11-8-17(29-2)15-20(19)31-22(25)24-21(26)5-4-14-32(27,28)18-9-6-16(23)7-10-18/h6-11,15H,3-5,12-14H2,1-2H3. The van der Waals surface area contributed by atoms with Gasteiger partial charge in [0.15, 0.2) is 14.6 Å². The lowest BCUT2D eigenvalue weighted by atomic mass is 10.3. The number of carbonyl (C=O) groups excluding carboxylic acids is 1. The van der Waals surface area contributed by atoms with E-state index >= 15 is 0 Å². The number of halogens is 1. The summed E-state index contributed by atoms with van der Waals surface area (Å²) in [4.78, 5) is 17.3. The van der Waals surface area contributed by atoms with E-state index in [1.54, 1.807) is 7.11 Å². The number of rotatable bonds is 10. The summed E-state index contributed by atoms with van der Waals surface area (Å²) < 4.78 is 51.3. The summed E-state index contributed by atoms with van der Waals surface area (Å²) in [5.74, 6) is -0.410. The van der Waals surface area contributed by atoms with Gasteiger partial charge in [-0.3, -0.25) is 4.79 Å². The molecule has 0 N–H and O–H groups in total. The third kappa shape index (κ3) is 6.02. The molecule has 2 aromatic carbocycles. The Labute approximate surface area is 190 Å². The van der Waals surface area contributed by atoms with Crippen LogP contribution in [-0.2, 0) is 25.9 Å². The second-order valence-corrected chi connectivity index (χ2v) is 10.1. The lowest BCUT2D eigenvalue weighted by Gasteiger charge is -2.06. The minimum absolute atomic E-state index is 0.0105. The number of thiazole rings is 1. The summed E-state index contributed by atoms with van der Waals surface area (Å²) in [6.07, 6.45) is 0.114. The highest BCUT2D eigenvalue weighted by Gasteiger charge is 2.15. The van der Waals surface area contributed by atoms with Crippen molar-refractivity contribution >= 4 is 37.3 Å². The first kappa shape index (κ1) is 24.1. The molecule has 1 heterocycles. The van der Waals surface area contributed by atoms with Crippen molar-refractivity contribution in [3.05, 3.63) is 53.1 Å². The van der Waals surface area contributed by atoms with Crippen molar-refractivity contribution in [2.75, 3.05) is 26.1 Å². The Morgan fingerprint density at radius 3 is 2.62 bits per heavy atom. The zero-order chi connectivity index (χ0) is 23.1. The lowest BCUT2D eigenvalue weighted by Crippen LogP contribution is -2.20. The molecule has 7 nitrogen and oxygen atoms in total. The molecule has 0 unspecified atom stereocenters. The first-order valence-electron chi connectivity index (χ1n) is 10.1. The highest BCUT2D eigenvalue weighted by atomic mass is 32.2. The number of ether oxygens (including phenoxy) is 2. The molecule has 3 rings (SSSR count). The zero-order valence-corrected chi connectivity index (χ0v) is 19.5. The molecule has 10 heteroatoms. The van der Waals surface area contributed by atoms with Crippen LogP contribution in [0.2, 0.25) is 0 Å². The average Bonchev–Trinajstić information content (AvgIpc) is 3.10. The van der Waals surface area contributed by atoms with Gasteiger partial charge in [0, 0.05) is 19.6 Å². The molecular weight excluding hydrogens is 455 g/mol. The number of sulfone groups is 1. The van der Waals surface area contributed by atoms with E-state index in [0.717, 1.165) is 22.3 Å². The minimum atomic E-state index is -3.59. The highest BCUT2D eigenvalue weighted by Crippen LogP contribution is 2.23. The van der Waals surface area contributed by atoms with Crippen LogP contribution in [0.3, 0.4) is 0 Å². The Morgan fingerprint density at radius 1 is 1.19 bits per heavy atom. The van der Waals surface area contributed by atoms with E-state index in [4.69, 9.17) is 9.47 Å². The fraction of sp³-hybridized carbons (Fsp3) is 0.364. The van der Waals surface area contributed by atoms with Crippen LogP contribution in [0, 0.1) is 5.82 Å². The number of carbonyl (C=O) groups is 1. The molecule has 0 saturated carbocycles. The van der Waals surface area contributed by atoms with Gasteiger partial charge < -0.3 is 14.0 Å². The van der Waals surface area contributed by atoms with Crippen LogP contribution in [0.25, 0.3) is 10.2 Å². The molecular formula is C22H25FN2O5S2. The highest BCUT2D eigenvalue weighted by molar-refractivity contribution is 7.91. The van der Waals surface area contributed by atoms with E-state index in [1.807, 2.05) is 29.7 Å². The SMILES string of the molecule is CCOCCn1c(=NC(=O)CCCS(=O)(=O)c2ccc(F)cc2)sc2cc(OC)ccc21. The Hall–Kier alpha value is -2.56. The third-order valence-corrected chi connectivity index (χ3v) is 7.61. The molecule has 172 valence electrons. The summed E-state index contributed by atoms with van der Waals surface area (Å²) in [6.45, 7) is 3.51. The topological polar surface area (TPSA) is 87.0 Å². The molecule has 0 radical (unpaired) electrons. The number of fused-ring (bicyclic) bond motifs is 1. The molecule has 1 aromatic heterocycles. The molecule has 0 aliphatic heterocycles. The quantitative estimate of drug-likeness (QED) is 0.327. The van der Waals surface area contributed by atoms with Crippen LogP contribution in [-0.4, -0.2) is 45.0 Å². The number of nitrogens with zero attached hydrogens (tertiary/aromatic N) is 2. The Morgan fingerprint density at radius 2 is 1.94 bits per heavy atom.